The number of nitrogens with zero attached hydrogens (tertiary/aromatic N) is 3. The van der Waals surface area contributed by atoms with Gasteiger partial charge < -0.3 is 14.4 Å². The molecule has 1 atom stereocenters. The Hall–Kier alpha value is -2.83. The van der Waals surface area contributed by atoms with E-state index < -0.39 is 6.04 Å². The molecule has 3 rings (SSSR count). The summed E-state index contributed by atoms with van der Waals surface area (Å²) in [5.41, 5.74) is 1.08. The molecule has 28 heavy (non-hydrogen) atoms. The van der Waals surface area contributed by atoms with E-state index in [2.05, 4.69) is 5.10 Å². The molecule has 150 valence electrons. The van der Waals surface area contributed by atoms with Gasteiger partial charge >= 0.3 is 0 Å². The van der Waals surface area contributed by atoms with Crippen molar-refractivity contribution >= 4 is 5.91 Å². The van der Waals surface area contributed by atoms with Crippen molar-refractivity contribution < 1.29 is 14.3 Å². The number of rotatable bonds is 5. The van der Waals surface area contributed by atoms with Crippen molar-refractivity contribution in [2.24, 2.45) is 0 Å². The van der Waals surface area contributed by atoms with Crippen molar-refractivity contribution in [1.82, 2.24) is 14.7 Å². The number of ether oxygens (including phenoxy) is 2. The summed E-state index contributed by atoms with van der Waals surface area (Å²) in [6, 6.07) is 8.00. The molecule has 0 N–H and O–H groups in total. The Balaban J connectivity index is 1.95. The fraction of sp³-hybridized carbons (Fsp3) is 0.476. The van der Waals surface area contributed by atoms with Crippen LogP contribution < -0.4 is 15.0 Å². The number of carbonyl (C=O) groups excluding carboxylic acids is 1. The Morgan fingerprint density at radius 2 is 1.64 bits per heavy atom. The molecule has 2 aromatic rings. The molecule has 2 heterocycles. The smallest absolute Gasteiger partial charge is 0.267 e. The Labute approximate surface area is 164 Å². The van der Waals surface area contributed by atoms with Crippen LogP contribution in [0, 0.1) is 0 Å². The molecule has 1 aromatic carbocycles. The lowest BCUT2D eigenvalue weighted by atomic mass is 10.1. The van der Waals surface area contributed by atoms with Gasteiger partial charge in [0.2, 0.25) is 5.91 Å². The molecule has 1 aliphatic heterocycles. The summed E-state index contributed by atoms with van der Waals surface area (Å²) < 4.78 is 12.4. The van der Waals surface area contributed by atoms with Crippen molar-refractivity contribution in [1.29, 1.82) is 0 Å². The van der Waals surface area contributed by atoms with E-state index in [1.165, 1.54) is 10.7 Å². The lowest BCUT2D eigenvalue weighted by molar-refractivity contribution is -0.138. The van der Waals surface area contributed by atoms with Gasteiger partial charge in [-0.15, -0.1) is 0 Å². The summed E-state index contributed by atoms with van der Waals surface area (Å²) in [7, 11) is 0. The lowest BCUT2D eigenvalue weighted by Crippen LogP contribution is -2.46. The summed E-state index contributed by atoms with van der Waals surface area (Å²) in [4.78, 5) is 27.2. The van der Waals surface area contributed by atoms with Crippen LogP contribution in [0.5, 0.6) is 11.5 Å². The Kier molecular flexibility index (Phi) is 5.72. The highest BCUT2D eigenvalue weighted by Gasteiger charge is 2.27. The second-order valence-electron chi connectivity index (χ2n) is 7.47. The maximum absolute atomic E-state index is 13.0. The third-order valence-electron chi connectivity index (χ3n) is 4.75. The molecular weight excluding hydrogens is 358 g/mol. The lowest BCUT2D eigenvalue weighted by Gasteiger charge is -2.33. The molecule has 0 spiro atoms. The van der Waals surface area contributed by atoms with Crippen molar-refractivity contribution in [2.75, 3.05) is 13.2 Å². The van der Waals surface area contributed by atoms with Crippen LogP contribution in [0.2, 0.25) is 0 Å². The van der Waals surface area contributed by atoms with E-state index in [1.54, 1.807) is 17.9 Å². The van der Waals surface area contributed by atoms with Gasteiger partial charge in [-0.25, -0.2) is 4.68 Å². The average Bonchev–Trinajstić information content (AvgIpc) is 2.66. The van der Waals surface area contributed by atoms with Crippen LogP contribution in [0.15, 0.2) is 35.1 Å². The number of amides is 1. The second-order valence-corrected chi connectivity index (χ2v) is 7.47. The Morgan fingerprint density at radius 3 is 2.29 bits per heavy atom. The third kappa shape index (κ3) is 3.88. The minimum atomic E-state index is -0.700. The van der Waals surface area contributed by atoms with E-state index in [0.29, 0.717) is 30.4 Å². The third-order valence-corrected chi connectivity index (χ3v) is 4.75. The van der Waals surface area contributed by atoms with E-state index in [0.717, 1.165) is 5.56 Å². The molecule has 0 fully saturated rings. The molecular formula is C21H27N3O4. The predicted octanol–water partition coefficient (Wildman–Crippen LogP) is 2.89. The van der Waals surface area contributed by atoms with Gasteiger partial charge in [-0.05, 0) is 58.9 Å². The van der Waals surface area contributed by atoms with Crippen LogP contribution >= 0.6 is 0 Å². The van der Waals surface area contributed by atoms with Crippen LogP contribution in [0.1, 0.15) is 40.7 Å². The number of carbonyl (C=O) groups is 1. The van der Waals surface area contributed by atoms with E-state index >= 15 is 0 Å². The first-order valence-corrected chi connectivity index (χ1v) is 9.61. The predicted molar refractivity (Wildman–Crippen MR) is 107 cm³/mol. The summed E-state index contributed by atoms with van der Waals surface area (Å²) >= 11 is 0. The van der Waals surface area contributed by atoms with Gasteiger partial charge in [-0.1, -0.05) is 0 Å². The molecule has 1 amide bonds. The van der Waals surface area contributed by atoms with Gasteiger partial charge in [0.25, 0.3) is 5.56 Å². The van der Waals surface area contributed by atoms with Gasteiger partial charge in [0.1, 0.15) is 19.3 Å². The molecule has 7 heteroatoms. The van der Waals surface area contributed by atoms with Crippen LogP contribution in [-0.2, 0) is 4.79 Å². The first kappa shape index (κ1) is 19.9. The number of aromatic nitrogens is 2. The highest BCUT2D eigenvalue weighted by molar-refractivity contribution is 5.80. The standard InChI is InChI=1S/C21H27N3O4/c1-13(2)23(14(3)4)21(26)15(5)24-20(25)9-7-17(22-24)16-6-8-18-19(12-16)28-11-10-27-18/h6-9,12-15H,10-11H2,1-5H3. The minimum Gasteiger partial charge on any atom is -0.486 e. The second kappa shape index (κ2) is 8.04. The highest BCUT2D eigenvalue weighted by Crippen LogP contribution is 2.33. The van der Waals surface area contributed by atoms with Gasteiger partial charge in [-0.2, -0.15) is 5.10 Å². The topological polar surface area (TPSA) is 73.7 Å². The van der Waals surface area contributed by atoms with Gasteiger partial charge in [0.15, 0.2) is 11.5 Å². The maximum atomic E-state index is 13.0. The molecule has 0 saturated carbocycles. The van der Waals surface area contributed by atoms with E-state index in [9.17, 15) is 9.59 Å². The number of benzene rings is 1. The van der Waals surface area contributed by atoms with Crippen LogP contribution in [0.25, 0.3) is 11.3 Å². The largest absolute Gasteiger partial charge is 0.486 e. The van der Waals surface area contributed by atoms with E-state index in [1.807, 2.05) is 45.9 Å². The van der Waals surface area contributed by atoms with Crippen LogP contribution in [0.4, 0.5) is 0 Å². The Morgan fingerprint density at radius 1 is 1.00 bits per heavy atom. The average molecular weight is 385 g/mol. The molecule has 1 aliphatic rings. The Bertz CT molecular complexity index is 912. The highest BCUT2D eigenvalue weighted by atomic mass is 16.6. The molecule has 0 saturated heterocycles. The van der Waals surface area contributed by atoms with Gasteiger partial charge in [0, 0.05) is 23.7 Å². The number of hydrogen-bond donors (Lipinski definition) is 0. The molecule has 1 unspecified atom stereocenters. The first-order chi connectivity index (χ1) is 13.3. The fourth-order valence-electron chi connectivity index (χ4n) is 3.48. The SMILES string of the molecule is CC(C)N(C(=O)C(C)n1nc(-c2ccc3c(c2)OCCO3)ccc1=O)C(C)C. The quantitative estimate of drug-likeness (QED) is 0.791. The van der Waals surface area contributed by atoms with Crippen molar-refractivity contribution in [3.63, 3.8) is 0 Å². The normalized spacial score (nSPS) is 14.2. The summed E-state index contributed by atoms with van der Waals surface area (Å²) in [5, 5.41) is 4.47. The molecule has 7 nitrogen and oxygen atoms in total. The monoisotopic (exact) mass is 385 g/mol. The first-order valence-electron chi connectivity index (χ1n) is 9.61. The zero-order valence-corrected chi connectivity index (χ0v) is 17.0. The summed E-state index contributed by atoms with van der Waals surface area (Å²) in [5.74, 6) is 1.22. The molecule has 0 radical (unpaired) electrons. The zero-order valence-electron chi connectivity index (χ0n) is 17.0. The zero-order chi connectivity index (χ0) is 20.4. The minimum absolute atomic E-state index is 0.0339. The number of fused-ring (bicyclic) bond motifs is 1. The van der Waals surface area contributed by atoms with Crippen molar-refractivity contribution in [2.45, 2.75) is 52.7 Å². The van der Waals surface area contributed by atoms with Crippen LogP contribution in [-0.4, -0.2) is 45.9 Å². The van der Waals surface area contributed by atoms with Crippen molar-refractivity contribution in [3.8, 4) is 22.8 Å². The van der Waals surface area contributed by atoms with Crippen LogP contribution in [0.3, 0.4) is 0 Å². The number of hydrogen-bond acceptors (Lipinski definition) is 5. The maximum Gasteiger partial charge on any atom is 0.267 e. The summed E-state index contributed by atoms with van der Waals surface area (Å²) in [6.45, 7) is 10.6. The molecule has 1 aromatic heterocycles. The van der Waals surface area contributed by atoms with Crippen molar-refractivity contribution in [3.05, 3.63) is 40.7 Å². The van der Waals surface area contributed by atoms with E-state index in [-0.39, 0.29) is 23.6 Å². The molecule has 0 bridgehead atoms. The van der Waals surface area contributed by atoms with Gasteiger partial charge in [0.05, 0.1) is 5.69 Å². The summed E-state index contributed by atoms with van der Waals surface area (Å²) in [6.07, 6.45) is 0. The van der Waals surface area contributed by atoms with Gasteiger partial charge in [-0.3, -0.25) is 9.59 Å². The fourth-order valence-corrected chi connectivity index (χ4v) is 3.48. The molecule has 0 aliphatic carbocycles. The van der Waals surface area contributed by atoms with E-state index in [4.69, 9.17) is 9.47 Å².